The number of nitrogens with one attached hydrogen (secondary N) is 1. The number of rotatable bonds is 8. The monoisotopic (exact) mass is 200 g/mol. The number of hydrogen-bond acceptors (Lipinski definition) is 2. The molecule has 0 aromatic carbocycles. The minimum Gasteiger partial charge on any atom is -0.355 e. The molecule has 0 aliphatic heterocycles. The molecular formula is C11H24N2O. The summed E-state index contributed by atoms with van der Waals surface area (Å²) in [5, 5.41) is 2.85. The minimum absolute atomic E-state index is 0.0111. The molecule has 3 heteroatoms. The standard InChI is InChI=1S/C11H24N2O/c1-3-5-6-7-8-9-13-11(14)10(12)4-2/h10H,3-9,12H2,1-2H3,(H,13,14). The highest BCUT2D eigenvalue weighted by atomic mass is 16.2. The lowest BCUT2D eigenvalue weighted by molar-refractivity contribution is -0.122. The van der Waals surface area contributed by atoms with Crippen molar-refractivity contribution in [2.24, 2.45) is 5.73 Å². The zero-order valence-corrected chi connectivity index (χ0v) is 9.51. The van der Waals surface area contributed by atoms with E-state index in [1.165, 1.54) is 25.7 Å². The molecule has 0 bridgehead atoms. The molecule has 1 amide bonds. The Morgan fingerprint density at radius 2 is 1.86 bits per heavy atom. The van der Waals surface area contributed by atoms with Gasteiger partial charge in [0, 0.05) is 6.54 Å². The summed E-state index contributed by atoms with van der Waals surface area (Å²) >= 11 is 0. The fourth-order valence-electron chi connectivity index (χ4n) is 1.26. The molecule has 0 fully saturated rings. The van der Waals surface area contributed by atoms with E-state index in [2.05, 4.69) is 12.2 Å². The summed E-state index contributed by atoms with van der Waals surface area (Å²) < 4.78 is 0. The van der Waals surface area contributed by atoms with Crippen molar-refractivity contribution in [1.82, 2.24) is 5.32 Å². The topological polar surface area (TPSA) is 55.1 Å². The van der Waals surface area contributed by atoms with Crippen LogP contribution in [0, 0.1) is 0 Å². The molecule has 0 aliphatic rings. The lowest BCUT2D eigenvalue weighted by Crippen LogP contribution is -2.40. The molecule has 3 nitrogen and oxygen atoms in total. The Balaban J connectivity index is 3.23. The van der Waals surface area contributed by atoms with Crippen LogP contribution in [0.25, 0.3) is 0 Å². The van der Waals surface area contributed by atoms with Crippen LogP contribution >= 0.6 is 0 Å². The molecule has 0 saturated carbocycles. The molecule has 0 radical (unpaired) electrons. The lowest BCUT2D eigenvalue weighted by Gasteiger charge is -2.09. The van der Waals surface area contributed by atoms with Crippen molar-refractivity contribution >= 4 is 5.91 Å². The van der Waals surface area contributed by atoms with E-state index in [4.69, 9.17) is 5.73 Å². The van der Waals surface area contributed by atoms with Gasteiger partial charge in [-0.1, -0.05) is 39.5 Å². The average Bonchev–Trinajstić information content (AvgIpc) is 2.21. The Bertz CT molecular complexity index is 148. The van der Waals surface area contributed by atoms with Crippen molar-refractivity contribution in [3.63, 3.8) is 0 Å². The maximum Gasteiger partial charge on any atom is 0.236 e. The first kappa shape index (κ1) is 13.4. The second kappa shape index (κ2) is 9.00. The van der Waals surface area contributed by atoms with Gasteiger partial charge >= 0.3 is 0 Å². The van der Waals surface area contributed by atoms with Crippen LogP contribution < -0.4 is 11.1 Å². The SMILES string of the molecule is CCCCCCCNC(=O)C(N)CC. The molecule has 84 valence electrons. The van der Waals surface area contributed by atoms with E-state index in [-0.39, 0.29) is 11.9 Å². The van der Waals surface area contributed by atoms with Gasteiger partial charge in [-0.3, -0.25) is 4.79 Å². The molecule has 0 aromatic heterocycles. The van der Waals surface area contributed by atoms with Gasteiger partial charge in [-0.2, -0.15) is 0 Å². The first-order valence-electron chi connectivity index (χ1n) is 5.75. The van der Waals surface area contributed by atoms with Crippen molar-refractivity contribution in [3.8, 4) is 0 Å². The summed E-state index contributed by atoms with van der Waals surface area (Å²) in [5.41, 5.74) is 5.57. The van der Waals surface area contributed by atoms with E-state index in [0.29, 0.717) is 6.42 Å². The van der Waals surface area contributed by atoms with Gasteiger partial charge in [0.2, 0.25) is 5.91 Å². The average molecular weight is 200 g/mol. The van der Waals surface area contributed by atoms with Crippen molar-refractivity contribution < 1.29 is 4.79 Å². The third-order valence-corrected chi connectivity index (χ3v) is 2.36. The molecule has 0 saturated heterocycles. The van der Waals surface area contributed by atoms with Crippen LogP contribution in [0.5, 0.6) is 0 Å². The lowest BCUT2D eigenvalue weighted by atomic mass is 10.1. The summed E-state index contributed by atoms with van der Waals surface area (Å²) in [6, 6.07) is -0.328. The zero-order valence-electron chi connectivity index (χ0n) is 9.51. The van der Waals surface area contributed by atoms with Gasteiger partial charge in [0.1, 0.15) is 0 Å². The summed E-state index contributed by atoms with van der Waals surface area (Å²) in [6.45, 7) is 4.89. The number of nitrogens with two attached hydrogens (primary N) is 1. The quantitative estimate of drug-likeness (QED) is 0.587. The third-order valence-electron chi connectivity index (χ3n) is 2.36. The van der Waals surface area contributed by atoms with Gasteiger partial charge in [0.05, 0.1) is 6.04 Å². The molecular weight excluding hydrogens is 176 g/mol. The predicted octanol–water partition coefficient (Wildman–Crippen LogP) is 1.81. The van der Waals surface area contributed by atoms with Crippen LogP contribution in [0.15, 0.2) is 0 Å². The highest BCUT2D eigenvalue weighted by Gasteiger charge is 2.08. The van der Waals surface area contributed by atoms with Crippen LogP contribution in [0.1, 0.15) is 52.4 Å². The largest absolute Gasteiger partial charge is 0.355 e. The second-order valence-electron chi connectivity index (χ2n) is 3.72. The van der Waals surface area contributed by atoms with Gasteiger partial charge < -0.3 is 11.1 Å². The van der Waals surface area contributed by atoms with Gasteiger partial charge in [0.15, 0.2) is 0 Å². The first-order valence-corrected chi connectivity index (χ1v) is 5.75. The number of carbonyl (C=O) groups is 1. The van der Waals surface area contributed by atoms with Crippen LogP contribution in [0.4, 0.5) is 0 Å². The maximum absolute atomic E-state index is 11.2. The van der Waals surface area contributed by atoms with Crippen molar-refractivity contribution in [3.05, 3.63) is 0 Å². The molecule has 0 aliphatic carbocycles. The van der Waals surface area contributed by atoms with Crippen LogP contribution in [0.2, 0.25) is 0 Å². The van der Waals surface area contributed by atoms with E-state index < -0.39 is 0 Å². The predicted molar refractivity (Wildman–Crippen MR) is 60.0 cm³/mol. The molecule has 14 heavy (non-hydrogen) atoms. The summed E-state index contributed by atoms with van der Waals surface area (Å²) in [4.78, 5) is 11.2. The normalized spacial score (nSPS) is 12.5. The van der Waals surface area contributed by atoms with E-state index in [9.17, 15) is 4.79 Å². The highest BCUT2D eigenvalue weighted by Crippen LogP contribution is 2.01. The summed E-state index contributed by atoms with van der Waals surface area (Å²) in [7, 11) is 0. The molecule has 1 atom stereocenters. The third kappa shape index (κ3) is 6.89. The number of unbranched alkanes of at least 4 members (excludes halogenated alkanes) is 4. The van der Waals surface area contributed by atoms with E-state index in [1.807, 2.05) is 6.92 Å². The molecule has 0 spiro atoms. The van der Waals surface area contributed by atoms with Gasteiger partial charge in [-0.05, 0) is 12.8 Å². The number of hydrogen-bond donors (Lipinski definition) is 2. The maximum atomic E-state index is 11.2. The van der Waals surface area contributed by atoms with Gasteiger partial charge in [-0.25, -0.2) is 0 Å². The smallest absolute Gasteiger partial charge is 0.236 e. The Morgan fingerprint density at radius 3 is 2.43 bits per heavy atom. The molecule has 0 heterocycles. The Labute approximate surface area is 87.4 Å². The van der Waals surface area contributed by atoms with Crippen LogP contribution in [-0.2, 0) is 4.79 Å². The summed E-state index contributed by atoms with van der Waals surface area (Å²) in [5.74, 6) is -0.0111. The number of amides is 1. The minimum atomic E-state index is -0.328. The van der Waals surface area contributed by atoms with Gasteiger partial charge in [0.25, 0.3) is 0 Å². The van der Waals surface area contributed by atoms with E-state index >= 15 is 0 Å². The molecule has 0 aromatic rings. The first-order chi connectivity index (χ1) is 6.72. The summed E-state index contributed by atoms with van der Waals surface area (Å²) in [6.07, 6.45) is 6.81. The van der Waals surface area contributed by atoms with Crippen molar-refractivity contribution in [2.45, 2.75) is 58.4 Å². The van der Waals surface area contributed by atoms with Gasteiger partial charge in [-0.15, -0.1) is 0 Å². The molecule has 1 unspecified atom stereocenters. The Hall–Kier alpha value is -0.570. The second-order valence-corrected chi connectivity index (χ2v) is 3.72. The van der Waals surface area contributed by atoms with Crippen molar-refractivity contribution in [1.29, 1.82) is 0 Å². The Kier molecular flexibility index (Phi) is 8.64. The fraction of sp³-hybridized carbons (Fsp3) is 0.909. The Morgan fingerprint density at radius 1 is 1.21 bits per heavy atom. The van der Waals surface area contributed by atoms with Crippen LogP contribution in [-0.4, -0.2) is 18.5 Å². The van der Waals surface area contributed by atoms with E-state index in [1.54, 1.807) is 0 Å². The van der Waals surface area contributed by atoms with Crippen molar-refractivity contribution in [2.75, 3.05) is 6.54 Å². The number of carbonyl (C=O) groups excluding carboxylic acids is 1. The molecule has 3 N–H and O–H groups in total. The highest BCUT2D eigenvalue weighted by molar-refractivity contribution is 5.81. The van der Waals surface area contributed by atoms with Crippen LogP contribution in [0.3, 0.4) is 0 Å². The zero-order chi connectivity index (χ0) is 10.8. The fourth-order valence-corrected chi connectivity index (χ4v) is 1.26. The van der Waals surface area contributed by atoms with E-state index in [0.717, 1.165) is 13.0 Å². The molecule has 0 rings (SSSR count).